The molecule has 2 aromatic rings. The molecule has 0 heterocycles. The average Bonchev–Trinajstić information content (AvgIpc) is 2.74. The van der Waals surface area contributed by atoms with Crippen LogP contribution in [0.15, 0.2) is 58.5 Å². The number of nitrogens with two attached hydrogens (primary N) is 4. The predicted molar refractivity (Wildman–Crippen MR) is 128 cm³/mol. The van der Waals surface area contributed by atoms with Crippen LogP contribution in [0.3, 0.4) is 0 Å². The van der Waals surface area contributed by atoms with E-state index in [2.05, 4.69) is 34.3 Å². The minimum absolute atomic E-state index is 0.0349. The van der Waals surface area contributed by atoms with Crippen molar-refractivity contribution < 1.29 is 9.90 Å². The van der Waals surface area contributed by atoms with E-state index in [9.17, 15) is 4.79 Å². The van der Waals surface area contributed by atoms with Crippen molar-refractivity contribution in [3.8, 4) is 0 Å². The molecule has 3 atom stereocenters. The molecule has 1 fully saturated rings. The van der Waals surface area contributed by atoms with Crippen LogP contribution in [0.5, 0.6) is 0 Å². The number of carboxylic acid groups (broad SMARTS) is 1. The Bertz CT molecular complexity index is 961. The molecule has 1 unspecified atom stereocenters. The number of rotatable bonds is 8. The zero-order chi connectivity index (χ0) is 23.1. The first-order chi connectivity index (χ1) is 15.3. The van der Waals surface area contributed by atoms with Crippen molar-refractivity contribution in [1.29, 1.82) is 0 Å². The quantitative estimate of drug-likeness (QED) is 0.314. The van der Waals surface area contributed by atoms with Gasteiger partial charge in [-0.3, -0.25) is 4.79 Å². The Hall–Kier alpha value is -3.55. The lowest BCUT2D eigenvalue weighted by molar-refractivity contribution is -0.137. The van der Waals surface area contributed by atoms with Gasteiger partial charge in [0.05, 0.1) is 11.4 Å². The van der Waals surface area contributed by atoms with Crippen LogP contribution in [0.4, 0.5) is 11.4 Å². The summed E-state index contributed by atoms with van der Waals surface area (Å²) >= 11 is 0. The highest BCUT2D eigenvalue weighted by Gasteiger charge is 2.32. The summed E-state index contributed by atoms with van der Waals surface area (Å²) in [6, 6.07) is 16.1. The van der Waals surface area contributed by atoms with Crippen molar-refractivity contribution in [3.63, 3.8) is 0 Å². The summed E-state index contributed by atoms with van der Waals surface area (Å²) in [7, 11) is 0. The van der Waals surface area contributed by atoms with Gasteiger partial charge in [0, 0.05) is 6.42 Å². The lowest BCUT2D eigenvalue weighted by Crippen LogP contribution is -2.23. The largest absolute Gasteiger partial charge is 0.481 e. The highest BCUT2D eigenvalue weighted by atomic mass is 16.4. The molecule has 1 aliphatic carbocycles. The summed E-state index contributed by atoms with van der Waals surface area (Å²) in [6.45, 7) is 0. The van der Waals surface area contributed by atoms with Crippen LogP contribution in [0.1, 0.15) is 61.5 Å². The first-order valence-electron chi connectivity index (χ1n) is 10.9. The van der Waals surface area contributed by atoms with E-state index in [0.717, 1.165) is 37.1 Å². The fourth-order valence-corrected chi connectivity index (χ4v) is 4.72. The second kappa shape index (κ2) is 10.7. The van der Waals surface area contributed by atoms with Crippen molar-refractivity contribution in [2.45, 2.75) is 50.4 Å². The summed E-state index contributed by atoms with van der Waals surface area (Å²) in [6.07, 6.45) is 5.02. The number of aliphatic carboxylic acids is 1. The maximum atomic E-state index is 10.9. The molecule has 9 N–H and O–H groups in total. The number of carboxylic acids is 1. The predicted octanol–water partition coefficient (Wildman–Crippen LogP) is 3.42. The van der Waals surface area contributed by atoms with E-state index < -0.39 is 5.97 Å². The number of hydrogen-bond acceptors (Lipinski definition) is 3. The molecule has 0 bridgehead atoms. The van der Waals surface area contributed by atoms with Crippen LogP contribution in [-0.4, -0.2) is 23.0 Å². The monoisotopic (exact) mass is 436 g/mol. The highest BCUT2D eigenvalue weighted by Crippen LogP contribution is 2.47. The molecule has 1 saturated carbocycles. The molecule has 8 heteroatoms. The van der Waals surface area contributed by atoms with Crippen molar-refractivity contribution in [2.75, 3.05) is 0 Å². The normalized spacial score (nSPS) is 20.3. The van der Waals surface area contributed by atoms with Gasteiger partial charge in [-0.2, -0.15) is 0 Å². The maximum Gasteiger partial charge on any atom is 0.303 e. The SMILES string of the molecule is NC(N)=Nc1ccc([C@@H]2CCC(CCCC(=O)O)C[C@H]2c2ccc(N=C(N)N)cc2)cc1. The van der Waals surface area contributed by atoms with E-state index in [1.165, 1.54) is 11.1 Å². The third kappa shape index (κ3) is 6.47. The first-order valence-corrected chi connectivity index (χ1v) is 10.9. The number of benzene rings is 2. The number of carbonyl (C=O) groups is 1. The third-order valence-electron chi connectivity index (χ3n) is 6.12. The Morgan fingerprint density at radius 2 is 1.31 bits per heavy atom. The molecule has 32 heavy (non-hydrogen) atoms. The number of hydrogen-bond donors (Lipinski definition) is 5. The summed E-state index contributed by atoms with van der Waals surface area (Å²) in [5.41, 5.74) is 25.9. The van der Waals surface area contributed by atoms with E-state index in [4.69, 9.17) is 28.0 Å². The molecule has 0 aromatic heterocycles. The van der Waals surface area contributed by atoms with E-state index in [1.807, 2.05) is 24.3 Å². The second-order valence-corrected chi connectivity index (χ2v) is 8.43. The minimum Gasteiger partial charge on any atom is -0.481 e. The standard InChI is InChI=1S/C24H32N6O2/c25-23(26)29-18-9-5-16(6-10-18)20-13-4-15(2-1-3-22(31)32)14-21(20)17-7-11-19(12-8-17)30-24(27)28/h5-12,15,20-21H,1-4,13-14H2,(H,31,32)(H4,25,26,29)(H4,27,28,30)/t15?,20-,21-/m0/s1. The fraction of sp³-hybridized carbons (Fsp3) is 0.375. The van der Waals surface area contributed by atoms with Crippen LogP contribution >= 0.6 is 0 Å². The average molecular weight is 437 g/mol. The molecule has 0 radical (unpaired) electrons. The third-order valence-corrected chi connectivity index (χ3v) is 6.12. The van der Waals surface area contributed by atoms with Crippen LogP contribution < -0.4 is 22.9 Å². The first kappa shape index (κ1) is 23.1. The topological polar surface area (TPSA) is 166 Å². The van der Waals surface area contributed by atoms with Gasteiger partial charge in [-0.05, 0) is 85.3 Å². The fourth-order valence-electron chi connectivity index (χ4n) is 4.72. The lowest BCUT2D eigenvalue weighted by atomic mass is 9.67. The van der Waals surface area contributed by atoms with Gasteiger partial charge in [-0.15, -0.1) is 0 Å². The van der Waals surface area contributed by atoms with Crippen LogP contribution in [-0.2, 0) is 4.79 Å². The van der Waals surface area contributed by atoms with E-state index in [0.29, 0.717) is 24.2 Å². The van der Waals surface area contributed by atoms with Crippen molar-refractivity contribution in [1.82, 2.24) is 0 Å². The van der Waals surface area contributed by atoms with E-state index in [1.54, 1.807) is 0 Å². The smallest absolute Gasteiger partial charge is 0.303 e. The Morgan fingerprint density at radius 3 is 1.78 bits per heavy atom. The summed E-state index contributed by atoms with van der Waals surface area (Å²) in [5.74, 6) is 0.528. The van der Waals surface area contributed by atoms with Crippen molar-refractivity contribution >= 4 is 29.3 Å². The molecule has 0 amide bonds. The molecular weight excluding hydrogens is 404 g/mol. The van der Waals surface area contributed by atoms with Crippen LogP contribution in [0.2, 0.25) is 0 Å². The Labute approximate surface area is 188 Å². The molecule has 170 valence electrons. The molecular formula is C24H32N6O2. The van der Waals surface area contributed by atoms with Gasteiger partial charge in [0.2, 0.25) is 0 Å². The number of nitrogens with zero attached hydrogens (tertiary/aromatic N) is 2. The Kier molecular flexibility index (Phi) is 7.70. The van der Waals surface area contributed by atoms with Gasteiger partial charge in [0.25, 0.3) is 0 Å². The molecule has 2 aromatic carbocycles. The summed E-state index contributed by atoms with van der Waals surface area (Å²) < 4.78 is 0. The molecule has 8 nitrogen and oxygen atoms in total. The second-order valence-electron chi connectivity index (χ2n) is 8.43. The lowest BCUT2D eigenvalue weighted by Gasteiger charge is -2.37. The van der Waals surface area contributed by atoms with E-state index >= 15 is 0 Å². The van der Waals surface area contributed by atoms with Gasteiger partial charge in [-0.1, -0.05) is 24.3 Å². The molecule has 0 spiro atoms. The summed E-state index contributed by atoms with van der Waals surface area (Å²) in [4.78, 5) is 19.1. The van der Waals surface area contributed by atoms with Gasteiger partial charge in [-0.25, -0.2) is 9.98 Å². The maximum absolute atomic E-state index is 10.9. The molecule has 1 aliphatic rings. The Balaban J connectivity index is 1.83. The van der Waals surface area contributed by atoms with Crippen LogP contribution in [0.25, 0.3) is 0 Å². The Morgan fingerprint density at radius 1 is 0.812 bits per heavy atom. The van der Waals surface area contributed by atoms with Gasteiger partial charge in [0.1, 0.15) is 0 Å². The molecule has 3 rings (SSSR count). The van der Waals surface area contributed by atoms with Gasteiger partial charge >= 0.3 is 5.97 Å². The van der Waals surface area contributed by atoms with Crippen molar-refractivity contribution in [3.05, 3.63) is 59.7 Å². The van der Waals surface area contributed by atoms with Gasteiger partial charge in [0.15, 0.2) is 11.9 Å². The summed E-state index contributed by atoms with van der Waals surface area (Å²) in [5, 5.41) is 8.98. The highest BCUT2D eigenvalue weighted by molar-refractivity contribution is 5.79. The molecule has 0 aliphatic heterocycles. The zero-order valence-electron chi connectivity index (χ0n) is 18.2. The van der Waals surface area contributed by atoms with E-state index in [-0.39, 0.29) is 18.3 Å². The number of aliphatic imine (C=N–C) groups is 2. The molecule has 0 saturated heterocycles. The number of guanidine groups is 2. The minimum atomic E-state index is -0.730. The zero-order valence-corrected chi connectivity index (χ0v) is 18.2. The van der Waals surface area contributed by atoms with Crippen molar-refractivity contribution in [2.24, 2.45) is 38.8 Å². The van der Waals surface area contributed by atoms with Gasteiger partial charge < -0.3 is 28.0 Å². The van der Waals surface area contributed by atoms with Crippen LogP contribution in [0, 0.1) is 5.92 Å².